The molecule has 1 rings (SSSR count). The third-order valence-electron chi connectivity index (χ3n) is 2.16. The van der Waals surface area contributed by atoms with Gasteiger partial charge in [-0.3, -0.25) is 4.72 Å². The lowest BCUT2D eigenvalue weighted by Gasteiger charge is -2.12. The Bertz CT molecular complexity index is 462. The fourth-order valence-corrected chi connectivity index (χ4v) is 2.77. The molecule has 1 aromatic carbocycles. The number of ether oxygens (including phenoxy) is 1. The largest absolute Gasteiger partial charge is 0.491 e. The number of alkyl halides is 1. The molecule has 6 heteroatoms. The molecule has 0 aliphatic carbocycles. The van der Waals surface area contributed by atoms with Crippen molar-refractivity contribution in [2.75, 3.05) is 23.0 Å². The highest BCUT2D eigenvalue weighted by Gasteiger charge is 2.12. The van der Waals surface area contributed by atoms with E-state index in [1.165, 1.54) is 0 Å². The predicted molar refractivity (Wildman–Crippen MR) is 75.0 cm³/mol. The highest BCUT2D eigenvalue weighted by molar-refractivity contribution is 7.92. The minimum atomic E-state index is -3.36. The first-order valence-corrected chi connectivity index (χ1v) is 8.06. The monoisotopic (exact) mass is 291 g/mol. The number of hydrogen-bond acceptors (Lipinski definition) is 3. The zero-order chi connectivity index (χ0) is 13.4. The average molecular weight is 292 g/mol. The van der Waals surface area contributed by atoms with Crippen LogP contribution in [0.25, 0.3) is 0 Å². The van der Waals surface area contributed by atoms with Gasteiger partial charge in [-0.2, -0.15) is 0 Å². The Morgan fingerprint density at radius 2 is 2.06 bits per heavy atom. The molecule has 0 aliphatic rings. The van der Waals surface area contributed by atoms with Crippen molar-refractivity contribution >= 4 is 27.3 Å². The standard InChI is InChI=1S/C12H18ClNO3S/c1-2-9-17-12-7-4-3-6-11(12)14-18(15,16)10-5-8-13/h3-4,6-7,14H,2,5,8-10H2,1H3. The van der Waals surface area contributed by atoms with E-state index < -0.39 is 10.0 Å². The number of para-hydroxylation sites is 2. The summed E-state index contributed by atoms with van der Waals surface area (Å²) in [6, 6.07) is 7.00. The molecule has 1 aromatic rings. The quantitative estimate of drug-likeness (QED) is 0.749. The first-order chi connectivity index (χ1) is 8.59. The van der Waals surface area contributed by atoms with Crippen LogP contribution in [0.4, 0.5) is 5.69 Å². The van der Waals surface area contributed by atoms with Crippen molar-refractivity contribution in [2.24, 2.45) is 0 Å². The van der Waals surface area contributed by atoms with E-state index in [2.05, 4.69) is 4.72 Å². The smallest absolute Gasteiger partial charge is 0.232 e. The summed E-state index contributed by atoms with van der Waals surface area (Å²) in [5, 5.41) is 0. The molecule has 0 saturated carbocycles. The molecule has 0 aromatic heterocycles. The van der Waals surface area contributed by atoms with Gasteiger partial charge < -0.3 is 4.74 Å². The van der Waals surface area contributed by atoms with E-state index >= 15 is 0 Å². The summed E-state index contributed by atoms with van der Waals surface area (Å²) in [5.74, 6) is 0.891. The van der Waals surface area contributed by atoms with Crippen LogP contribution >= 0.6 is 11.6 Å². The third kappa shape index (κ3) is 5.14. The van der Waals surface area contributed by atoms with Crippen LogP contribution in [0.15, 0.2) is 24.3 Å². The number of anilines is 1. The summed E-state index contributed by atoms with van der Waals surface area (Å²) in [5.41, 5.74) is 0.473. The van der Waals surface area contributed by atoms with Gasteiger partial charge in [-0.25, -0.2) is 8.42 Å². The third-order valence-corrected chi connectivity index (χ3v) is 3.79. The molecule has 0 fully saturated rings. The van der Waals surface area contributed by atoms with Gasteiger partial charge in [0.15, 0.2) is 0 Å². The van der Waals surface area contributed by atoms with Crippen molar-refractivity contribution in [1.82, 2.24) is 0 Å². The molecule has 18 heavy (non-hydrogen) atoms. The maximum Gasteiger partial charge on any atom is 0.232 e. The van der Waals surface area contributed by atoms with Crippen LogP contribution < -0.4 is 9.46 Å². The van der Waals surface area contributed by atoms with Gasteiger partial charge in [0.2, 0.25) is 10.0 Å². The van der Waals surface area contributed by atoms with Gasteiger partial charge in [0.1, 0.15) is 5.75 Å². The molecular weight excluding hydrogens is 274 g/mol. The Morgan fingerprint density at radius 1 is 1.33 bits per heavy atom. The van der Waals surface area contributed by atoms with Gasteiger partial charge in [-0.05, 0) is 25.0 Å². The number of nitrogens with one attached hydrogen (secondary N) is 1. The van der Waals surface area contributed by atoms with E-state index in [4.69, 9.17) is 16.3 Å². The van der Waals surface area contributed by atoms with Gasteiger partial charge >= 0.3 is 0 Å². The summed E-state index contributed by atoms with van der Waals surface area (Å²) >= 11 is 5.49. The van der Waals surface area contributed by atoms with Gasteiger partial charge in [-0.15, -0.1) is 11.6 Å². The van der Waals surface area contributed by atoms with Crippen LogP contribution in [0.5, 0.6) is 5.75 Å². The molecular formula is C12H18ClNO3S. The van der Waals surface area contributed by atoms with Crippen molar-refractivity contribution in [3.63, 3.8) is 0 Å². The normalized spacial score (nSPS) is 11.2. The highest BCUT2D eigenvalue weighted by Crippen LogP contribution is 2.25. The zero-order valence-electron chi connectivity index (χ0n) is 10.4. The fraction of sp³-hybridized carbons (Fsp3) is 0.500. The molecule has 0 aliphatic heterocycles. The second-order valence-electron chi connectivity index (χ2n) is 3.81. The molecule has 1 N–H and O–H groups in total. The second kappa shape index (κ2) is 7.48. The topological polar surface area (TPSA) is 55.4 Å². The van der Waals surface area contributed by atoms with Crippen LogP contribution in [-0.2, 0) is 10.0 Å². The number of halogens is 1. The fourth-order valence-electron chi connectivity index (χ4n) is 1.35. The number of hydrogen-bond donors (Lipinski definition) is 1. The van der Waals surface area contributed by atoms with Gasteiger partial charge in [-0.1, -0.05) is 19.1 Å². The maximum atomic E-state index is 11.8. The van der Waals surface area contributed by atoms with Crippen molar-refractivity contribution in [3.8, 4) is 5.75 Å². The van der Waals surface area contributed by atoms with E-state index in [0.717, 1.165) is 6.42 Å². The Morgan fingerprint density at radius 3 is 2.72 bits per heavy atom. The lowest BCUT2D eigenvalue weighted by atomic mass is 10.3. The molecule has 0 unspecified atom stereocenters. The zero-order valence-corrected chi connectivity index (χ0v) is 11.9. The number of sulfonamides is 1. The molecule has 0 radical (unpaired) electrons. The Labute approximate surface area is 113 Å². The highest BCUT2D eigenvalue weighted by atomic mass is 35.5. The van der Waals surface area contributed by atoms with Crippen LogP contribution in [0.1, 0.15) is 19.8 Å². The minimum Gasteiger partial charge on any atom is -0.491 e. The summed E-state index contributed by atoms with van der Waals surface area (Å²) in [7, 11) is -3.36. The van der Waals surface area contributed by atoms with Gasteiger partial charge in [0.25, 0.3) is 0 Å². The summed E-state index contributed by atoms with van der Waals surface area (Å²) in [4.78, 5) is 0. The van der Waals surface area contributed by atoms with Crippen molar-refractivity contribution < 1.29 is 13.2 Å². The number of rotatable bonds is 8. The second-order valence-corrected chi connectivity index (χ2v) is 6.03. The van der Waals surface area contributed by atoms with E-state index in [0.29, 0.717) is 30.3 Å². The van der Waals surface area contributed by atoms with Crippen LogP contribution in [0.2, 0.25) is 0 Å². The van der Waals surface area contributed by atoms with Crippen LogP contribution in [-0.4, -0.2) is 26.7 Å². The SMILES string of the molecule is CCCOc1ccccc1NS(=O)(=O)CCCCl. The van der Waals surface area contributed by atoms with Crippen LogP contribution in [0.3, 0.4) is 0 Å². The minimum absolute atomic E-state index is 0.0125. The molecule has 102 valence electrons. The first-order valence-electron chi connectivity index (χ1n) is 5.87. The Kier molecular flexibility index (Phi) is 6.29. The van der Waals surface area contributed by atoms with Crippen molar-refractivity contribution in [2.45, 2.75) is 19.8 Å². The molecule has 4 nitrogen and oxygen atoms in total. The molecule has 0 atom stereocenters. The van der Waals surface area contributed by atoms with Gasteiger partial charge in [0.05, 0.1) is 18.0 Å². The maximum absolute atomic E-state index is 11.8. The Balaban J connectivity index is 2.77. The molecule has 0 amide bonds. The molecule has 0 bridgehead atoms. The Hall–Kier alpha value is -0.940. The molecule has 0 spiro atoms. The van der Waals surface area contributed by atoms with E-state index in [-0.39, 0.29) is 5.75 Å². The van der Waals surface area contributed by atoms with E-state index in [9.17, 15) is 8.42 Å². The first kappa shape index (κ1) is 15.1. The molecule has 0 saturated heterocycles. The van der Waals surface area contributed by atoms with Gasteiger partial charge in [0, 0.05) is 5.88 Å². The van der Waals surface area contributed by atoms with Crippen LogP contribution in [0, 0.1) is 0 Å². The predicted octanol–water partition coefficient (Wildman–Crippen LogP) is 2.85. The lowest BCUT2D eigenvalue weighted by Crippen LogP contribution is -2.17. The lowest BCUT2D eigenvalue weighted by molar-refractivity contribution is 0.319. The summed E-state index contributed by atoms with van der Waals surface area (Å²) < 4.78 is 31.5. The summed E-state index contributed by atoms with van der Waals surface area (Å²) in [6.45, 7) is 2.55. The van der Waals surface area contributed by atoms with Crippen molar-refractivity contribution in [3.05, 3.63) is 24.3 Å². The number of benzene rings is 1. The molecule has 0 heterocycles. The van der Waals surface area contributed by atoms with Crippen molar-refractivity contribution in [1.29, 1.82) is 0 Å². The van der Waals surface area contributed by atoms with E-state index in [1.807, 2.05) is 13.0 Å². The average Bonchev–Trinajstić information content (AvgIpc) is 2.35. The summed E-state index contributed by atoms with van der Waals surface area (Å²) in [6.07, 6.45) is 1.29. The van der Waals surface area contributed by atoms with E-state index in [1.54, 1.807) is 18.2 Å².